The van der Waals surface area contributed by atoms with Crippen LogP contribution in [0.25, 0.3) is 11.0 Å². The summed E-state index contributed by atoms with van der Waals surface area (Å²) < 4.78 is 5.33. The van der Waals surface area contributed by atoms with Crippen LogP contribution in [0.15, 0.2) is 24.3 Å². The lowest BCUT2D eigenvalue weighted by molar-refractivity contribution is 0.0523. The Bertz CT molecular complexity index is 787. The fourth-order valence-electron chi connectivity index (χ4n) is 3.22. The fourth-order valence-corrected chi connectivity index (χ4v) is 3.22. The third-order valence-corrected chi connectivity index (χ3v) is 4.36. The lowest BCUT2D eigenvalue weighted by Gasteiger charge is -2.37. The van der Waals surface area contributed by atoms with Crippen molar-refractivity contribution in [3.63, 3.8) is 0 Å². The third kappa shape index (κ3) is 4.33. The van der Waals surface area contributed by atoms with E-state index in [-0.39, 0.29) is 6.04 Å². The van der Waals surface area contributed by atoms with Crippen molar-refractivity contribution in [3.05, 3.63) is 24.3 Å². The molecular formula is C19H27N5O2. The first kappa shape index (κ1) is 18.2. The number of aromatic nitrogens is 2. The molecule has 7 heteroatoms. The van der Waals surface area contributed by atoms with Gasteiger partial charge in [0.1, 0.15) is 5.60 Å². The highest BCUT2D eigenvalue weighted by Crippen LogP contribution is 2.28. The molecular weight excluding hydrogens is 330 g/mol. The van der Waals surface area contributed by atoms with Crippen LogP contribution in [0.2, 0.25) is 0 Å². The number of ether oxygens (including phenoxy) is 1. The Morgan fingerprint density at radius 3 is 2.65 bits per heavy atom. The molecule has 1 aliphatic heterocycles. The van der Waals surface area contributed by atoms with Crippen molar-refractivity contribution in [3.8, 4) is 0 Å². The number of carbonyl (C=O) groups is 1. The smallest absolute Gasteiger partial charge is 0.407 e. The number of amides is 1. The molecule has 3 N–H and O–H groups in total. The summed E-state index contributed by atoms with van der Waals surface area (Å²) in [7, 11) is 0. The normalized spacial score (nSPS) is 18.0. The van der Waals surface area contributed by atoms with Crippen LogP contribution in [0.4, 0.5) is 16.4 Å². The van der Waals surface area contributed by atoms with E-state index in [0.29, 0.717) is 18.2 Å². The highest BCUT2D eigenvalue weighted by Gasteiger charge is 2.27. The third-order valence-electron chi connectivity index (χ3n) is 4.36. The maximum atomic E-state index is 12.0. The molecule has 0 saturated carbocycles. The Morgan fingerprint density at radius 1 is 1.27 bits per heavy atom. The maximum Gasteiger partial charge on any atom is 0.407 e. The molecule has 0 aliphatic carbocycles. The van der Waals surface area contributed by atoms with Crippen molar-refractivity contribution < 1.29 is 9.53 Å². The monoisotopic (exact) mass is 357 g/mol. The van der Waals surface area contributed by atoms with Crippen LogP contribution in [0.3, 0.4) is 0 Å². The molecule has 2 aromatic rings. The quantitative estimate of drug-likeness (QED) is 0.877. The van der Waals surface area contributed by atoms with Crippen molar-refractivity contribution in [2.45, 2.75) is 51.7 Å². The summed E-state index contributed by atoms with van der Waals surface area (Å²) in [6, 6.07) is 7.82. The highest BCUT2D eigenvalue weighted by atomic mass is 16.6. The van der Waals surface area contributed by atoms with E-state index < -0.39 is 11.7 Å². The van der Waals surface area contributed by atoms with Crippen molar-refractivity contribution in [2.24, 2.45) is 0 Å². The molecule has 140 valence electrons. The van der Waals surface area contributed by atoms with Crippen molar-refractivity contribution in [1.82, 2.24) is 15.3 Å². The second kappa shape index (κ2) is 7.35. The maximum absolute atomic E-state index is 12.0. The fraction of sp³-hybridized carbons (Fsp3) is 0.526. The number of nitrogens with two attached hydrogens (primary N) is 1. The summed E-state index contributed by atoms with van der Waals surface area (Å²) in [5.74, 6) is 1.12. The van der Waals surface area contributed by atoms with Gasteiger partial charge in [0.05, 0.1) is 11.0 Å². The summed E-state index contributed by atoms with van der Waals surface area (Å²) in [5, 5.41) is 2.87. The van der Waals surface area contributed by atoms with Gasteiger partial charge >= 0.3 is 6.09 Å². The molecule has 0 bridgehead atoms. The van der Waals surface area contributed by atoms with Crippen LogP contribution >= 0.6 is 0 Å². The molecule has 1 aromatic carbocycles. The molecule has 3 rings (SSSR count). The number of para-hydroxylation sites is 2. The van der Waals surface area contributed by atoms with Gasteiger partial charge in [-0.3, -0.25) is 0 Å². The summed E-state index contributed by atoms with van der Waals surface area (Å²) in [6.07, 6.45) is 2.74. The van der Waals surface area contributed by atoms with Crippen LogP contribution in [0, 0.1) is 0 Å². The Balaban J connectivity index is 1.77. The molecule has 26 heavy (non-hydrogen) atoms. The van der Waals surface area contributed by atoms with E-state index in [1.807, 2.05) is 45.0 Å². The van der Waals surface area contributed by atoms with Crippen molar-refractivity contribution in [1.29, 1.82) is 0 Å². The zero-order chi connectivity index (χ0) is 18.7. The summed E-state index contributed by atoms with van der Waals surface area (Å²) >= 11 is 0. The first-order valence-electron chi connectivity index (χ1n) is 9.09. The van der Waals surface area contributed by atoms with E-state index >= 15 is 0 Å². The predicted octanol–water partition coefficient (Wildman–Crippen LogP) is 3.10. The molecule has 1 amide bonds. The van der Waals surface area contributed by atoms with Gasteiger partial charge in [0, 0.05) is 19.1 Å². The lowest BCUT2D eigenvalue weighted by Crippen LogP contribution is -2.48. The van der Waals surface area contributed by atoms with Crippen LogP contribution in [0.1, 0.15) is 40.0 Å². The van der Waals surface area contributed by atoms with Gasteiger partial charge in [0.25, 0.3) is 0 Å². The number of alkyl carbamates (subject to hydrolysis) is 1. The van der Waals surface area contributed by atoms with E-state index in [0.717, 1.165) is 36.8 Å². The Labute approximate surface area is 153 Å². The minimum absolute atomic E-state index is 0.119. The lowest BCUT2D eigenvalue weighted by atomic mass is 10.0. The van der Waals surface area contributed by atoms with Crippen LogP contribution < -0.4 is 16.0 Å². The minimum atomic E-state index is -0.509. The number of fused-ring (bicyclic) bond motifs is 1. The minimum Gasteiger partial charge on any atom is -0.444 e. The number of carbonyl (C=O) groups excluding carboxylic acids is 1. The number of nitrogens with one attached hydrogen (secondary N) is 1. The number of rotatable bonds is 3. The number of benzene rings is 1. The zero-order valence-corrected chi connectivity index (χ0v) is 15.7. The molecule has 0 spiro atoms. The van der Waals surface area contributed by atoms with Crippen LogP contribution in [-0.2, 0) is 4.74 Å². The summed E-state index contributed by atoms with van der Waals surface area (Å²) in [5.41, 5.74) is 7.29. The second-order valence-electron chi connectivity index (χ2n) is 7.65. The van der Waals surface area contributed by atoms with E-state index in [1.165, 1.54) is 0 Å². The SMILES string of the molecule is CC(C)(C)OC(=O)NC[C@@H]1CCCCN1c1nc2ccccc2nc1N. The summed E-state index contributed by atoms with van der Waals surface area (Å²) in [4.78, 5) is 23.4. The number of hydrogen-bond donors (Lipinski definition) is 2. The standard InChI is InChI=1S/C19H27N5O2/c1-19(2,3)26-18(25)21-12-13-8-6-7-11-24(13)17-16(20)22-14-9-4-5-10-15(14)23-17/h4-5,9-10,13H,6-8,11-12H2,1-3H3,(H2,20,22)(H,21,25)/t13-/m0/s1. The summed E-state index contributed by atoms with van der Waals surface area (Å²) in [6.45, 7) is 6.89. The molecule has 1 aliphatic rings. The van der Waals surface area contributed by atoms with Gasteiger partial charge in [0.15, 0.2) is 11.6 Å². The van der Waals surface area contributed by atoms with Gasteiger partial charge in [-0.05, 0) is 52.2 Å². The van der Waals surface area contributed by atoms with Gasteiger partial charge < -0.3 is 20.7 Å². The molecule has 1 atom stereocenters. The van der Waals surface area contributed by atoms with Gasteiger partial charge in [-0.1, -0.05) is 12.1 Å². The van der Waals surface area contributed by atoms with E-state index in [9.17, 15) is 4.79 Å². The molecule has 1 saturated heterocycles. The van der Waals surface area contributed by atoms with E-state index in [2.05, 4.69) is 15.2 Å². The average molecular weight is 357 g/mol. The van der Waals surface area contributed by atoms with E-state index in [4.69, 9.17) is 15.5 Å². The predicted molar refractivity (Wildman–Crippen MR) is 103 cm³/mol. The number of piperidine rings is 1. The number of nitrogens with zero attached hydrogens (tertiary/aromatic N) is 3. The second-order valence-corrected chi connectivity index (χ2v) is 7.65. The number of anilines is 2. The molecule has 1 fully saturated rings. The first-order chi connectivity index (χ1) is 12.3. The van der Waals surface area contributed by atoms with Crippen molar-refractivity contribution >= 4 is 28.8 Å². The number of nitrogen functional groups attached to an aromatic ring is 1. The Morgan fingerprint density at radius 2 is 1.96 bits per heavy atom. The molecule has 0 unspecified atom stereocenters. The average Bonchev–Trinajstić information content (AvgIpc) is 2.58. The van der Waals surface area contributed by atoms with Crippen LogP contribution in [-0.4, -0.2) is 40.8 Å². The molecule has 7 nitrogen and oxygen atoms in total. The van der Waals surface area contributed by atoms with Gasteiger partial charge in [0.2, 0.25) is 0 Å². The first-order valence-corrected chi connectivity index (χ1v) is 9.09. The largest absolute Gasteiger partial charge is 0.444 e. The molecule has 0 radical (unpaired) electrons. The zero-order valence-electron chi connectivity index (χ0n) is 15.7. The van der Waals surface area contributed by atoms with Crippen molar-refractivity contribution in [2.75, 3.05) is 23.7 Å². The molecule has 1 aromatic heterocycles. The van der Waals surface area contributed by atoms with Gasteiger partial charge in [-0.2, -0.15) is 0 Å². The van der Waals surface area contributed by atoms with Crippen LogP contribution in [0.5, 0.6) is 0 Å². The highest BCUT2D eigenvalue weighted by molar-refractivity contribution is 5.80. The van der Waals surface area contributed by atoms with Gasteiger partial charge in [-0.15, -0.1) is 0 Å². The molecule has 2 heterocycles. The van der Waals surface area contributed by atoms with Gasteiger partial charge in [-0.25, -0.2) is 14.8 Å². The number of hydrogen-bond acceptors (Lipinski definition) is 6. The van der Waals surface area contributed by atoms with E-state index in [1.54, 1.807) is 0 Å². The topological polar surface area (TPSA) is 93.4 Å². The Hall–Kier alpha value is -2.57. The Kier molecular flexibility index (Phi) is 5.15.